The summed E-state index contributed by atoms with van der Waals surface area (Å²) in [5, 5.41) is 5.28. The molecule has 1 aliphatic carbocycles. The van der Waals surface area contributed by atoms with Gasteiger partial charge in [-0.3, -0.25) is 4.68 Å². The molecule has 2 N–H and O–H groups in total. The van der Waals surface area contributed by atoms with Gasteiger partial charge in [-0.05, 0) is 18.8 Å². The van der Waals surface area contributed by atoms with E-state index in [1.165, 1.54) is 32.1 Å². The molecule has 3 nitrogen and oxygen atoms in total. The Hall–Kier alpha value is -0.540. The van der Waals surface area contributed by atoms with E-state index in [1.807, 2.05) is 11.7 Å². The lowest BCUT2D eigenvalue weighted by molar-refractivity contribution is 0.315. The molecule has 1 aromatic rings. The first kappa shape index (κ1) is 14.9. The average Bonchev–Trinajstić information content (AvgIpc) is 2.67. The van der Waals surface area contributed by atoms with Crippen molar-refractivity contribution >= 4 is 11.6 Å². The minimum Gasteiger partial charge on any atom is -0.327 e. The van der Waals surface area contributed by atoms with E-state index in [0.29, 0.717) is 0 Å². The molecule has 0 amide bonds. The summed E-state index contributed by atoms with van der Waals surface area (Å²) in [5.41, 5.74) is 8.41. The van der Waals surface area contributed by atoms with Gasteiger partial charge >= 0.3 is 0 Å². The summed E-state index contributed by atoms with van der Waals surface area (Å²) in [4.78, 5) is 0. The van der Waals surface area contributed by atoms with Crippen molar-refractivity contribution in [2.75, 3.05) is 0 Å². The van der Waals surface area contributed by atoms with Crippen molar-refractivity contribution in [1.82, 2.24) is 9.78 Å². The number of aryl methyl sites for hydroxylation is 2. The Labute approximate surface area is 121 Å². The first-order valence-electron chi connectivity index (χ1n) is 7.57. The van der Waals surface area contributed by atoms with Gasteiger partial charge in [-0.25, -0.2) is 0 Å². The Morgan fingerprint density at radius 1 is 1.37 bits per heavy atom. The van der Waals surface area contributed by atoms with Crippen molar-refractivity contribution in [3.8, 4) is 0 Å². The molecular weight excluding hydrogens is 258 g/mol. The van der Waals surface area contributed by atoms with Crippen LogP contribution in [0.25, 0.3) is 0 Å². The predicted molar refractivity (Wildman–Crippen MR) is 80.5 cm³/mol. The molecular formula is C15H26ClN3. The highest BCUT2D eigenvalue weighted by molar-refractivity contribution is 6.31. The van der Waals surface area contributed by atoms with Gasteiger partial charge in [0.15, 0.2) is 0 Å². The van der Waals surface area contributed by atoms with Gasteiger partial charge in [-0.1, -0.05) is 50.6 Å². The van der Waals surface area contributed by atoms with Crippen LogP contribution in [0.15, 0.2) is 0 Å². The standard InChI is InChI=1S/C15H26ClN3/c1-3-13-15(16)14(19(2)18-13)10-12(17)9-11-7-5-4-6-8-11/h11-12H,3-10,17H2,1-2H3. The molecule has 1 aromatic heterocycles. The molecule has 1 saturated carbocycles. The SMILES string of the molecule is CCc1nn(C)c(CC(N)CC2CCCCC2)c1Cl. The molecule has 0 aliphatic heterocycles. The number of hydrogen-bond acceptors (Lipinski definition) is 2. The van der Waals surface area contributed by atoms with Crippen LogP contribution in [0.5, 0.6) is 0 Å². The van der Waals surface area contributed by atoms with Crippen molar-refractivity contribution in [1.29, 1.82) is 0 Å². The van der Waals surface area contributed by atoms with Crippen LogP contribution in [-0.4, -0.2) is 15.8 Å². The quantitative estimate of drug-likeness (QED) is 0.899. The number of halogens is 1. The zero-order chi connectivity index (χ0) is 13.8. The van der Waals surface area contributed by atoms with Crippen LogP contribution in [0.2, 0.25) is 5.02 Å². The molecule has 1 atom stereocenters. The van der Waals surface area contributed by atoms with Crippen LogP contribution >= 0.6 is 11.6 Å². The highest BCUT2D eigenvalue weighted by Crippen LogP contribution is 2.28. The van der Waals surface area contributed by atoms with Gasteiger partial charge in [-0.2, -0.15) is 5.10 Å². The number of nitrogens with zero attached hydrogens (tertiary/aromatic N) is 2. The summed E-state index contributed by atoms with van der Waals surface area (Å²) in [6, 6.07) is 0.209. The third-order valence-corrected chi connectivity index (χ3v) is 4.76. The van der Waals surface area contributed by atoms with Gasteiger partial charge in [0.2, 0.25) is 0 Å². The molecule has 108 valence electrons. The summed E-state index contributed by atoms with van der Waals surface area (Å²) >= 11 is 6.38. The molecule has 0 spiro atoms. The lowest BCUT2D eigenvalue weighted by atomic mass is 9.84. The van der Waals surface area contributed by atoms with E-state index in [2.05, 4.69) is 12.0 Å². The van der Waals surface area contributed by atoms with Crippen molar-refractivity contribution in [3.05, 3.63) is 16.4 Å². The summed E-state index contributed by atoms with van der Waals surface area (Å²) in [6.07, 6.45) is 9.72. The summed E-state index contributed by atoms with van der Waals surface area (Å²) in [5.74, 6) is 0.821. The lowest BCUT2D eigenvalue weighted by Gasteiger charge is -2.24. The molecule has 1 fully saturated rings. The van der Waals surface area contributed by atoms with Crippen LogP contribution in [-0.2, 0) is 19.9 Å². The average molecular weight is 284 g/mol. The summed E-state index contributed by atoms with van der Waals surface area (Å²) in [7, 11) is 1.97. The van der Waals surface area contributed by atoms with Crippen molar-refractivity contribution in [3.63, 3.8) is 0 Å². The van der Waals surface area contributed by atoms with E-state index in [1.54, 1.807) is 0 Å². The Kier molecular flexibility index (Phi) is 5.28. The van der Waals surface area contributed by atoms with Crippen molar-refractivity contribution < 1.29 is 0 Å². The fourth-order valence-electron chi connectivity index (χ4n) is 3.22. The maximum Gasteiger partial charge on any atom is 0.0850 e. The molecule has 1 heterocycles. The highest BCUT2D eigenvalue weighted by atomic mass is 35.5. The number of rotatable bonds is 5. The van der Waals surface area contributed by atoms with Crippen molar-refractivity contribution in [2.45, 2.75) is 64.3 Å². The highest BCUT2D eigenvalue weighted by Gasteiger charge is 2.20. The van der Waals surface area contributed by atoms with E-state index >= 15 is 0 Å². The Bertz CT molecular complexity index is 408. The molecule has 0 saturated heterocycles. The summed E-state index contributed by atoms with van der Waals surface area (Å²) in [6.45, 7) is 2.08. The monoisotopic (exact) mass is 283 g/mol. The smallest absolute Gasteiger partial charge is 0.0850 e. The number of nitrogens with two attached hydrogens (primary N) is 1. The fourth-order valence-corrected chi connectivity index (χ4v) is 3.60. The van der Waals surface area contributed by atoms with E-state index in [4.69, 9.17) is 17.3 Å². The molecule has 2 rings (SSSR count). The molecule has 1 aliphatic rings. The minimum atomic E-state index is 0.209. The van der Waals surface area contributed by atoms with E-state index in [0.717, 1.165) is 41.6 Å². The fraction of sp³-hybridized carbons (Fsp3) is 0.800. The van der Waals surface area contributed by atoms with Crippen LogP contribution in [0.3, 0.4) is 0 Å². The van der Waals surface area contributed by atoms with Crippen LogP contribution < -0.4 is 5.73 Å². The second kappa shape index (κ2) is 6.76. The maximum absolute atomic E-state index is 6.38. The van der Waals surface area contributed by atoms with Crippen LogP contribution in [0.4, 0.5) is 0 Å². The largest absolute Gasteiger partial charge is 0.327 e. The molecule has 0 bridgehead atoms. The zero-order valence-corrected chi connectivity index (χ0v) is 12.9. The molecule has 0 radical (unpaired) electrons. The summed E-state index contributed by atoms with van der Waals surface area (Å²) < 4.78 is 1.90. The third kappa shape index (κ3) is 3.73. The molecule has 1 unspecified atom stereocenters. The van der Waals surface area contributed by atoms with Gasteiger partial charge in [0.25, 0.3) is 0 Å². The van der Waals surface area contributed by atoms with E-state index in [-0.39, 0.29) is 6.04 Å². The van der Waals surface area contributed by atoms with E-state index in [9.17, 15) is 0 Å². The Balaban J connectivity index is 1.94. The van der Waals surface area contributed by atoms with Gasteiger partial charge < -0.3 is 5.73 Å². The van der Waals surface area contributed by atoms with Crippen molar-refractivity contribution in [2.24, 2.45) is 18.7 Å². The van der Waals surface area contributed by atoms with Gasteiger partial charge in [0.1, 0.15) is 0 Å². The maximum atomic E-state index is 6.38. The molecule has 4 heteroatoms. The Morgan fingerprint density at radius 3 is 2.63 bits per heavy atom. The predicted octanol–water partition coefficient (Wildman–Crippen LogP) is 3.48. The topological polar surface area (TPSA) is 43.8 Å². The normalized spacial score (nSPS) is 18.7. The first-order valence-corrected chi connectivity index (χ1v) is 7.95. The van der Waals surface area contributed by atoms with Gasteiger partial charge in [0, 0.05) is 19.5 Å². The van der Waals surface area contributed by atoms with Crippen LogP contribution in [0, 0.1) is 5.92 Å². The molecule has 19 heavy (non-hydrogen) atoms. The minimum absolute atomic E-state index is 0.209. The lowest BCUT2D eigenvalue weighted by Crippen LogP contribution is -2.28. The zero-order valence-electron chi connectivity index (χ0n) is 12.2. The third-order valence-electron chi connectivity index (χ3n) is 4.32. The number of aromatic nitrogens is 2. The number of hydrogen-bond donors (Lipinski definition) is 1. The first-order chi connectivity index (χ1) is 9.11. The second-order valence-electron chi connectivity index (χ2n) is 5.89. The van der Waals surface area contributed by atoms with Gasteiger partial charge in [0.05, 0.1) is 16.4 Å². The van der Waals surface area contributed by atoms with Crippen LogP contribution in [0.1, 0.15) is 56.8 Å². The van der Waals surface area contributed by atoms with Gasteiger partial charge in [-0.15, -0.1) is 0 Å². The Morgan fingerprint density at radius 2 is 2.05 bits per heavy atom. The van der Waals surface area contributed by atoms with E-state index < -0.39 is 0 Å². The molecule has 0 aromatic carbocycles. The second-order valence-corrected chi connectivity index (χ2v) is 6.27.